The first kappa shape index (κ1) is 6.49. The van der Waals surface area contributed by atoms with Gasteiger partial charge in [0.1, 0.15) is 11.4 Å². The zero-order valence-electron chi connectivity index (χ0n) is 6.84. The summed E-state index contributed by atoms with van der Waals surface area (Å²) >= 11 is 0. The van der Waals surface area contributed by atoms with Gasteiger partial charge < -0.3 is 10.1 Å². The van der Waals surface area contributed by atoms with Crippen molar-refractivity contribution in [1.82, 2.24) is 5.32 Å². The summed E-state index contributed by atoms with van der Waals surface area (Å²) in [6, 6.07) is 8.32. The topological polar surface area (TPSA) is 21.3 Å². The molecule has 12 heavy (non-hydrogen) atoms. The molecule has 1 spiro atoms. The van der Waals surface area contributed by atoms with Gasteiger partial charge in [0.2, 0.25) is 0 Å². The normalized spacial score (nSPS) is 23.0. The lowest BCUT2D eigenvalue weighted by molar-refractivity contribution is 0.0386. The molecule has 0 amide bonds. The van der Waals surface area contributed by atoms with Crippen LogP contribution >= 0.6 is 0 Å². The standard InChI is InChI=1S/C10H11NO/c1-2-4-9-8(3-1)5-10(12-9)6-11-7-10/h1-4,11H,5-7H2. The first-order valence-electron chi connectivity index (χ1n) is 4.36. The minimum absolute atomic E-state index is 0.115. The van der Waals surface area contributed by atoms with Gasteiger partial charge in [0.05, 0.1) is 0 Å². The van der Waals surface area contributed by atoms with Gasteiger partial charge in [-0.05, 0) is 11.6 Å². The lowest BCUT2D eigenvalue weighted by Gasteiger charge is -2.38. The molecule has 2 aliphatic rings. The van der Waals surface area contributed by atoms with Crippen LogP contribution in [-0.2, 0) is 6.42 Å². The first-order valence-corrected chi connectivity index (χ1v) is 4.36. The molecule has 3 rings (SSSR count). The van der Waals surface area contributed by atoms with Crippen molar-refractivity contribution in [3.63, 3.8) is 0 Å². The average molecular weight is 161 g/mol. The molecular weight excluding hydrogens is 150 g/mol. The Kier molecular flexibility index (Phi) is 1.09. The third-order valence-corrected chi connectivity index (χ3v) is 2.71. The number of para-hydroxylation sites is 1. The molecule has 2 heteroatoms. The lowest BCUT2D eigenvalue weighted by atomic mass is 9.91. The van der Waals surface area contributed by atoms with Crippen molar-refractivity contribution >= 4 is 0 Å². The zero-order chi connectivity index (χ0) is 8.02. The molecule has 62 valence electrons. The van der Waals surface area contributed by atoms with E-state index in [0.29, 0.717) is 0 Å². The van der Waals surface area contributed by atoms with Gasteiger partial charge in [-0.1, -0.05) is 18.2 Å². The second-order valence-corrected chi connectivity index (χ2v) is 3.67. The van der Waals surface area contributed by atoms with Gasteiger partial charge in [-0.2, -0.15) is 0 Å². The third-order valence-electron chi connectivity index (χ3n) is 2.71. The Morgan fingerprint density at radius 3 is 2.75 bits per heavy atom. The van der Waals surface area contributed by atoms with Crippen LogP contribution in [-0.4, -0.2) is 18.7 Å². The van der Waals surface area contributed by atoms with Crippen molar-refractivity contribution < 1.29 is 4.74 Å². The summed E-state index contributed by atoms with van der Waals surface area (Å²) in [5.41, 5.74) is 1.47. The lowest BCUT2D eigenvalue weighted by Crippen LogP contribution is -2.62. The minimum atomic E-state index is 0.115. The molecule has 1 N–H and O–H groups in total. The summed E-state index contributed by atoms with van der Waals surface area (Å²) in [7, 11) is 0. The number of hydrogen-bond donors (Lipinski definition) is 1. The van der Waals surface area contributed by atoms with Crippen LogP contribution in [0.2, 0.25) is 0 Å². The Morgan fingerprint density at radius 1 is 1.25 bits per heavy atom. The number of rotatable bonds is 0. The summed E-state index contributed by atoms with van der Waals surface area (Å²) in [6.07, 6.45) is 1.08. The predicted molar refractivity (Wildman–Crippen MR) is 46.4 cm³/mol. The van der Waals surface area contributed by atoms with E-state index >= 15 is 0 Å². The van der Waals surface area contributed by atoms with E-state index in [1.165, 1.54) is 5.56 Å². The van der Waals surface area contributed by atoms with Crippen molar-refractivity contribution in [3.05, 3.63) is 29.8 Å². The van der Waals surface area contributed by atoms with Gasteiger partial charge in [-0.15, -0.1) is 0 Å². The van der Waals surface area contributed by atoms with Crippen LogP contribution in [0, 0.1) is 0 Å². The van der Waals surface area contributed by atoms with Gasteiger partial charge in [0.25, 0.3) is 0 Å². The molecule has 0 aliphatic carbocycles. The quantitative estimate of drug-likeness (QED) is 0.612. The van der Waals surface area contributed by atoms with E-state index in [1.807, 2.05) is 6.07 Å². The summed E-state index contributed by atoms with van der Waals surface area (Å²) in [5.74, 6) is 1.08. The fourth-order valence-electron chi connectivity index (χ4n) is 1.97. The largest absolute Gasteiger partial charge is 0.484 e. The molecule has 0 bridgehead atoms. The molecule has 0 aromatic heterocycles. The molecule has 0 radical (unpaired) electrons. The van der Waals surface area contributed by atoms with Gasteiger partial charge in [-0.25, -0.2) is 0 Å². The second-order valence-electron chi connectivity index (χ2n) is 3.67. The minimum Gasteiger partial charge on any atom is -0.484 e. The molecule has 0 atom stereocenters. The fourth-order valence-corrected chi connectivity index (χ4v) is 1.97. The summed E-state index contributed by atoms with van der Waals surface area (Å²) in [6.45, 7) is 2.00. The molecule has 0 saturated carbocycles. The highest BCUT2D eigenvalue weighted by Gasteiger charge is 2.44. The number of fused-ring (bicyclic) bond motifs is 1. The van der Waals surface area contributed by atoms with Crippen molar-refractivity contribution in [2.45, 2.75) is 12.0 Å². The molecule has 2 nitrogen and oxygen atoms in total. The van der Waals surface area contributed by atoms with Crippen LogP contribution in [0.25, 0.3) is 0 Å². The van der Waals surface area contributed by atoms with Crippen LogP contribution in [0.3, 0.4) is 0 Å². The van der Waals surface area contributed by atoms with E-state index in [0.717, 1.165) is 25.3 Å². The fraction of sp³-hybridized carbons (Fsp3) is 0.400. The SMILES string of the molecule is c1ccc2c(c1)CC1(CNC1)O2. The number of hydrogen-bond acceptors (Lipinski definition) is 2. The van der Waals surface area contributed by atoms with Crippen molar-refractivity contribution in [2.24, 2.45) is 0 Å². The Morgan fingerprint density at radius 2 is 2.08 bits per heavy atom. The van der Waals surface area contributed by atoms with Gasteiger partial charge >= 0.3 is 0 Å². The first-order chi connectivity index (χ1) is 5.88. The molecule has 2 heterocycles. The molecular formula is C10H11NO. The molecule has 2 aliphatic heterocycles. The second kappa shape index (κ2) is 2.02. The van der Waals surface area contributed by atoms with Crippen LogP contribution in [0.15, 0.2) is 24.3 Å². The van der Waals surface area contributed by atoms with Crippen LogP contribution < -0.4 is 10.1 Å². The molecule has 1 aromatic rings. The predicted octanol–water partition coefficient (Wildman–Crippen LogP) is 0.963. The van der Waals surface area contributed by atoms with E-state index < -0.39 is 0 Å². The highest BCUT2D eigenvalue weighted by atomic mass is 16.5. The van der Waals surface area contributed by atoms with E-state index in [9.17, 15) is 0 Å². The molecule has 1 fully saturated rings. The Hall–Kier alpha value is -1.02. The van der Waals surface area contributed by atoms with Crippen molar-refractivity contribution in [1.29, 1.82) is 0 Å². The van der Waals surface area contributed by atoms with Crippen LogP contribution in [0.4, 0.5) is 0 Å². The number of nitrogens with one attached hydrogen (secondary N) is 1. The van der Waals surface area contributed by atoms with Gasteiger partial charge in [0, 0.05) is 19.5 Å². The van der Waals surface area contributed by atoms with Crippen molar-refractivity contribution in [3.8, 4) is 5.75 Å². The van der Waals surface area contributed by atoms with Crippen molar-refractivity contribution in [2.75, 3.05) is 13.1 Å². The average Bonchev–Trinajstić information content (AvgIpc) is 2.42. The smallest absolute Gasteiger partial charge is 0.138 e. The third kappa shape index (κ3) is 0.730. The van der Waals surface area contributed by atoms with E-state index in [1.54, 1.807) is 0 Å². The summed E-state index contributed by atoms with van der Waals surface area (Å²) in [5, 5.41) is 3.25. The zero-order valence-corrected chi connectivity index (χ0v) is 6.84. The van der Waals surface area contributed by atoms with Crippen LogP contribution in [0.5, 0.6) is 5.75 Å². The molecule has 1 aromatic carbocycles. The maximum atomic E-state index is 5.87. The number of ether oxygens (including phenoxy) is 1. The van der Waals surface area contributed by atoms with E-state index in [-0.39, 0.29) is 5.60 Å². The summed E-state index contributed by atoms with van der Waals surface area (Å²) < 4.78 is 5.87. The highest BCUT2D eigenvalue weighted by Crippen LogP contribution is 2.36. The highest BCUT2D eigenvalue weighted by molar-refractivity contribution is 5.40. The van der Waals surface area contributed by atoms with Crippen LogP contribution in [0.1, 0.15) is 5.56 Å². The Labute approximate surface area is 71.5 Å². The summed E-state index contributed by atoms with van der Waals surface area (Å²) in [4.78, 5) is 0. The molecule has 0 unspecified atom stereocenters. The van der Waals surface area contributed by atoms with Gasteiger partial charge in [-0.3, -0.25) is 0 Å². The Bertz CT molecular complexity index is 290. The molecule has 1 saturated heterocycles. The monoisotopic (exact) mass is 161 g/mol. The van der Waals surface area contributed by atoms with E-state index in [4.69, 9.17) is 4.74 Å². The number of benzene rings is 1. The van der Waals surface area contributed by atoms with E-state index in [2.05, 4.69) is 23.5 Å². The maximum absolute atomic E-state index is 5.87. The Balaban J connectivity index is 1.99. The maximum Gasteiger partial charge on any atom is 0.138 e. The van der Waals surface area contributed by atoms with Gasteiger partial charge in [0.15, 0.2) is 0 Å².